The maximum atomic E-state index is 4.60. The molecule has 2 aliphatic heterocycles. The van der Waals surface area contributed by atoms with Crippen molar-refractivity contribution in [1.82, 2.24) is 20.1 Å². The number of aryl methyl sites for hydroxylation is 1. The fourth-order valence-electron chi connectivity index (χ4n) is 2.92. The molecular formula is C12H15N5. The number of aromatic nitrogens is 3. The molecule has 0 atom stereocenters. The van der Waals surface area contributed by atoms with Crippen LogP contribution in [0.1, 0.15) is 0 Å². The molecule has 0 aromatic carbocycles. The minimum atomic E-state index is 0.534. The van der Waals surface area contributed by atoms with Crippen LogP contribution in [0.25, 0.3) is 11.0 Å². The molecule has 0 amide bonds. The summed E-state index contributed by atoms with van der Waals surface area (Å²) in [6.45, 7) is 4.57. The van der Waals surface area contributed by atoms with Gasteiger partial charge in [0.05, 0.1) is 5.39 Å². The fraction of sp³-hybridized carbons (Fsp3) is 0.500. The van der Waals surface area contributed by atoms with E-state index in [0.717, 1.165) is 43.0 Å². The van der Waals surface area contributed by atoms with Crippen molar-refractivity contribution >= 4 is 16.9 Å². The highest BCUT2D eigenvalue weighted by Crippen LogP contribution is 2.38. The molecule has 88 valence electrons. The van der Waals surface area contributed by atoms with Crippen LogP contribution in [0.2, 0.25) is 0 Å². The van der Waals surface area contributed by atoms with Crippen LogP contribution in [-0.2, 0) is 7.05 Å². The topological polar surface area (TPSA) is 46.0 Å². The fourth-order valence-corrected chi connectivity index (χ4v) is 2.92. The van der Waals surface area contributed by atoms with E-state index in [2.05, 4.69) is 26.4 Å². The van der Waals surface area contributed by atoms with Crippen molar-refractivity contribution in [2.45, 2.75) is 0 Å². The molecular weight excluding hydrogens is 214 g/mol. The van der Waals surface area contributed by atoms with Crippen molar-refractivity contribution in [3.63, 3.8) is 0 Å². The molecule has 0 unspecified atom stereocenters. The summed E-state index contributed by atoms with van der Waals surface area (Å²) in [5, 5.41) is 9.11. The zero-order valence-electron chi connectivity index (χ0n) is 9.85. The van der Waals surface area contributed by atoms with Crippen molar-refractivity contribution in [1.29, 1.82) is 0 Å². The summed E-state index contributed by atoms with van der Waals surface area (Å²) in [5.74, 6) is 1.09. The maximum Gasteiger partial charge on any atom is 0.160 e. The van der Waals surface area contributed by atoms with Gasteiger partial charge in [-0.25, -0.2) is 9.67 Å². The van der Waals surface area contributed by atoms with Crippen molar-refractivity contribution < 1.29 is 0 Å². The van der Waals surface area contributed by atoms with Gasteiger partial charge in [0.25, 0.3) is 0 Å². The standard InChI is InChI=1S/C12H15N5/c1-16-10-9(3-2-4-14-10)11(15-16)17-7-12(8-17)5-13-6-12/h2-4,13H,5-8H2,1H3. The zero-order chi connectivity index (χ0) is 11.5. The summed E-state index contributed by atoms with van der Waals surface area (Å²) < 4.78 is 1.87. The molecule has 1 N–H and O–H groups in total. The van der Waals surface area contributed by atoms with Crippen molar-refractivity contribution in [2.24, 2.45) is 12.5 Å². The van der Waals surface area contributed by atoms with Gasteiger partial charge in [0.1, 0.15) is 0 Å². The zero-order valence-corrected chi connectivity index (χ0v) is 9.85. The molecule has 4 heterocycles. The normalized spacial score (nSPS) is 21.6. The molecule has 0 aliphatic carbocycles. The predicted molar refractivity (Wildman–Crippen MR) is 66.0 cm³/mol. The van der Waals surface area contributed by atoms with Crippen LogP contribution in [-0.4, -0.2) is 40.9 Å². The van der Waals surface area contributed by atoms with Crippen molar-refractivity contribution in [3.05, 3.63) is 18.3 Å². The van der Waals surface area contributed by atoms with E-state index >= 15 is 0 Å². The van der Waals surface area contributed by atoms with E-state index in [1.807, 2.05) is 24.0 Å². The van der Waals surface area contributed by atoms with Crippen LogP contribution in [0.4, 0.5) is 5.82 Å². The molecule has 2 aromatic rings. The summed E-state index contributed by atoms with van der Waals surface area (Å²) in [6.07, 6.45) is 1.82. The number of hydrogen-bond donors (Lipinski definition) is 1. The highest BCUT2D eigenvalue weighted by Gasteiger charge is 2.48. The van der Waals surface area contributed by atoms with E-state index in [1.54, 1.807) is 0 Å². The molecule has 1 spiro atoms. The smallest absolute Gasteiger partial charge is 0.160 e. The molecule has 17 heavy (non-hydrogen) atoms. The second-order valence-electron chi connectivity index (χ2n) is 5.28. The monoisotopic (exact) mass is 229 g/mol. The predicted octanol–water partition coefficient (Wildman–Crippen LogP) is 0.378. The quantitative estimate of drug-likeness (QED) is 0.768. The van der Waals surface area contributed by atoms with Gasteiger partial charge in [0.2, 0.25) is 0 Å². The average molecular weight is 229 g/mol. The van der Waals surface area contributed by atoms with Crippen LogP contribution >= 0.6 is 0 Å². The number of rotatable bonds is 1. The first-order valence-corrected chi connectivity index (χ1v) is 6.01. The molecule has 5 nitrogen and oxygen atoms in total. The Hall–Kier alpha value is -1.62. The van der Waals surface area contributed by atoms with Gasteiger partial charge < -0.3 is 10.2 Å². The van der Waals surface area contributed by atoms with E-state index in [4.69, 9.17) is 0 Å². The Bertz CT molecular complexity index is 576. The number of anilines is 1. The summed E-state index contributed by atoms with van der Waals surface area (Å²) in [5.41, 5.74) is 1.50. The van der Waals surface area contributed by atoms with E-state index in [1.165, 1.54) is 0 Å². The highest BCUT2D eigenvalue weighted by atomic mass is 15.4. The average Bonchev–Trinajstić information content (AvgIpc) is 2.54. The first kappa shape index (κ1) is 9.41. The lowest BCUT2D eigenvalue weighted by Gasteiger charge is -2.56. The number of nitrogens with zero attached hydrogens (tertiary/aromatic N) is 4. The second-order valence-corrected chi connectivity index (χ2v) is 5.28. The van der Waals surface area contributed by atoms with E-state index in [0.29, 0.717) is 5.41 Å². The largest absolute Gasteiger partial charge is 0.353 e. The number of pyridine rings is 1. The Morgan fingerprint density at radius 1 is 1.35 bits per heavy atom. The Morgan fingerprint density at radius 2 is 2.18 bits per heavy atom. The lowest BCUT2D eigenvalue weighted by atomic mass is 9.74. The molecule has 2 fully saturated rings. The molecule has 0 radical (unpaired) electrons. The molecule has 5 heteroatoms. The van der Waals surface area contributed by atoms with Gasteiger partial charge in [-0.05, 0) is 12.1 Å². The van der Waals surface area contributed by atoms with Gasteiger partial charge in [-0.1, -0.05) is 0 Å². The summed E-state index contributed by atoms with van der Waals surface area (Å²) in [6, 6.07) is 4.09. The molecule has 4 rings (SSSR count). The summed E-state index contributed by atoms with van der Waals surface area (Å²) >= 11 is 0. The van der Waals surface area contributed by atoms with E-state index in [-0.39, 0.29) is 0 Å². The van der Waals surface area contributed by atoms with Gasteiger partial charge in [0, 0.05) is 44.8 Å². The molecule has 2 aromatic heterocycles. The summed E-state index contributed by atoms with van der Waals surface area (Å²) in [4.78, 5) is 6.74. The Labute approximate surface area is 99.4 Å². The molecule has 2 aliphatic rings. The third-order valence-electron chi connectivity index (χ3n) is 3.93. The minimum Gasteiger partial charge on any atom is -0.353 e. The van der Waals surface area contributed by atoms with Gasteiger partial charge >= 0.3 is 0 Å². The number of nitrogens with one attached hydrogen (secondary N) is 1. The van der Waals surface area contributed by atoms with Gasteiger partial charge in [-0.2, -0.15) is 5.10 Å². The Morgan fingerprint density at radius 3 is 2.88 bits per heavy atom. The highest BCUT2D eigenvalue weighted by molar-refractivity contribution is 5.88. The second kappa shape index (κ2) is 2.98. The SMILES string of the molecule is Cn1nc(N2CC3(CNC3)C2)c2cccnc21. The Balaban J connectivity index is 1.72. The lowest BCUT2D eigenvalue weighted by molar-refractivity contribution is 0.120. The first-order valence-electron chi connectivity index (χ1n) is 6.01. The lowest BCUT2D eigenvalue weighted by Crippen LogP contribution is -2.71. The summed E-state index contributed by atoms with van der Waals surface area (Å²) in [7, 11) is 1.96. The number of fused-ring (bicyclic) bond motifs is 1. The van der Waals surface area contributed by atoms with Gasteiger partial charge in [-0.15, -0.1) is 0 Å². The Kier molecular flexibility index (Phi) is 1.65. The van der Waals surface area contributed by atoms with Crippen LogP contribution in [0.3, 0.4) is 0 Å². The van der Waals surface area contributed by atoms with Crippen molar-refractivity contribution in [3.8, 4) is 0 Å². The van der Waals surface area contributed by atoms with Crippen LogP contribution < -0.4 is 10.2 Å². The molecule has 0 bridgehead atoms. The van der Waals surface area contributed by atoms with E-state index in [9.17, 15) is 0 Å². The molecule has 0 saturated carbocycles. The number of hydrogen-bond acceptors (Lipinski definition) is 4. The van der Waals surface area contributed by atoms with Gasteiger partial charge in [-0.3, -0.25) is 0 Å². The van der Waals surface area contributed by atoms with Crippen LogP contribution in [0.15, 0.2) is 18.3 Å². The molecule has 2 saturated heterocycles. The van der Waals surface area contributed by atoms with Crippen molar-refractivity contribution in [2.75, 3.05) is 31.1 Å². The maximum absolute atomic E-state index is 4.60. The van der Waals surface area contributed by atoms with Gasteiger partial charge in [0.15, 0.2) is 11.5 Å². The third kappa shape index (κ3) is 1.17. The van der Waals surface area contributed by atoms with Crippen LogP contribution in [0, 0.1) is 5.41 Å². The minimum absolute atomic E-state index is 0.534. The third-order valence-corrected chi connectivity index (χ3v) is 3.93. The first-order chi connectivity index (χ1) is 8.27. The van der Waals surface area contributed by atoms with E-state index < -0.39 is 0 Å². The van der Waals surface area contributed by atoms with Crippen LogP contribution in [0.5, 0.6) is 0 Å².